The number of ether oxygens (including phenoxy) is 1. The largest absolute Gasteiger partial charge is 0.423 e. The smallest absolute Gasteiger partial charge is 0.343 e. The second kappa shape index (κ2) is 9.12. The van der Waals surface area contributed by atoms with Gasteiger partial charge in [-0.2, -0.15) is 4.31 Å². The fourth-order valence-electron chi connectivity index (χ4n) is 3.45. The predicted octanol–water partition coefficient (Wildman–Crippen LogP) is 4.56. The molecule has 0 saturated carbocycles. The molecule has 0 radical (unpaired) electrons. The van der Waals surface area contributed by atoms with Crippen LogP contribution in [0, 0.1) is 0 Å². The number of nitrogens with zero attached hydrogens (tertiary/aromatic N) is 1. The number of esters is 1. The van der Waals surface area contributed by atoms with Gasteiger partial charge in [0.25, 0.3) is 0 Å². The Morgan fingerprint density at radius 2 is 1.66 bits per heavy atom. The zero-order valence-corrected chi connectivity index (χ0v) is 18.4. The molecule has 0 amide bonds. The number of thioether (sulfide) groups is 2. The zero-order chi connectivity index (χ0) is 20.3. The van der Waals surface area contributed by atoms with Gasteiger partial charge in [0.2, 0.25) is 10.0 Å². The van der Waals surface area contributed by atoms with Crippen molar-refractivity contribution in [3.8, 4) is 5.75 Å². The van der Waals surface area contributed by atoms with E-state index in [9.17, 15) is 13.2 Å². The number of hydrogen-bond acceptors (Lipinski definition) is 6. The Morgan fingerprint density at radius 3 is 2.34 bits per heavy atom. The summed E-state index contributed by atoms with van der Waals surface area (Å²) in [4.78, 5) is 12.7. The summed E-state index contributed by atoms with van der Waals surface area (Å²) < 4.78 is 33.1. The first-order valence-corrected chi connectivity index (χ1v) is 13.2. The first-order valence-electron chi connectivity index (χ1n) is 9.70. The van der Waals surface area contributed by atoms with Crippen molar-refractivity contribution in [2.24, 2.45) is 0 Å². The average Bonchev–Trinajstić information content (AvgIpc) is 3.30. The summed E-state index contributed by atoms with van der Waals surface area (Å²) in [7, 11) is -3.59. The minimum absolute atomic E-state index is 0.138. The Labute approximate surface area is 180 Å². The van der Waals surface area contributed by atoms with Crippen LogP contribution in [0.4, 0.5) is 0 Å². The Hall–Kier alpha value is -1.48. The number of carbonyl (C=O) groups is 1. The summed E-state index contributed by atoms with van der Waals surface area (Å²) in [5.74, 6) is 2.21. The Bertz CT molecular complexity index is 964. The van der Waals surface area contributed by atoms with E-state index in [0.29, 0.717) is 23.4 Å². The number of carbonyl (C=O) groups excluding carboxylic acids is 1. The highest BCUT2D eigenvalue weighted by atomic mass is 32.2. The van der Waals surface area contributed by atoms with Crippen LogP contribution < -0.4 is 4.74 Å². The molecule has 5 nitrogen and oxygen atoms in total. The van der Waals surface area contributed by atoms with Gasteiger partial charge in [0.15, 0.2) is 0 Å². The second-order valence-corrected chi connectivity index (χ2v) is 11.7. The van der Waals surface area contributed by atoms with E-state index >= 15 is 0 Å². The lowest BCUT2D eigenvalue weighted by Gasteiger charge is -2.25. The Kier molecular flexibility index (Phi) is 6.53. The highest BCUT2D eigenvalue weighted by molar-refractivity contribution is 8.19. The topological polar surface area (TPSA) is 63.7 Å². The maximum Gasteiger partial charge on any atom is 0.343 e. The standard InChI is InChI=1S/C21H23NO4S3/c23-20(26-18-9-7-16(8-10-18)21-27-13-14-28-21)17-5-4-6-19(15-17)29(24,25)22-11-2-1-3-12-22/h4-10,15,21H,1-3,11-14H2. The molecule has 2 aliphatic heterocycles. The maximum atomic E-state index is 12.9. The van der Waals surface area contributed by atoms with Crippen LogP contribution >= 0.6 is 23.5 Å². The molecular weight excluding hydrogens is 426 g/mol. The van der Waals surface area contributed by atoms with Crippen molar-refractivity contribution < 1.29 is 17.9 Å². The average molecular weight is 450 g/mol. The normalized spacial score (nSPS) is 18.6. The molecule has 2 aliphatic rings. The van der Waals surface area contributed by atoms with Crippen LogP contribution in [0.15, 0.2) is 53.4 Å². The minimum atomic E-state index is -3.59. The third kappa shape index (κ3) is 4.82. The zero-order valence-electron chi connectivity index (χ0n) is 16.0. The summed E-state index contributed by atoms with van der Waals surface area (Å²) in [6.07, 6.45) is 2.79. The van der Waals surface area contributed by atoms with Crippen LogP contribution in [0.3, 0.4) is 0 Å². The van der Waals surface area contributed by atoms with E-state index in [0.717, 1.165) is 30.8 Å². The number of benzene rings is 2. The summed E-state index contributed by atoms with van der Waals surface area (Å²) in [6, 6.07) is 13.7. The summed E-state index contributed by atoms with van der Waals surface area (Å²) >= 11 is 3.84. The highest BCUT2D eigenvalue weighted by Crippen LogP contribution is 2.45. The second-order valence-electron chi connectivity index (χ2n) is 7.02. The van der Waals surface area contributed by atoms with Crippen molar-refractivity contribution in [1.82, 2.24) is 4.31 Å². The lowest BCUT2D eigenvalue weighted by atomic mass is 10.2. The van der Waals surface area contributed by atoms with Crippen molar-refractivity contribution in [2.45, 2.75) is 28.7 Å². The van der Waals surface area contributed by atoms with Gasteiger partial charge in [0.05, 0.1) is 15.0 Å². The lowest BCUT2D eigenvalue weighted by Crippen LogP contribution is -2.35. The number of rotatable bonds is 5. The van der Waals surface area contributed by atoms with Crippen molar-refractivity contribution in [1.29, 1.82) is 0 Å². The van der Waals surface area contributed by atoms with Crippen molar-refractivity contribution in [2.75, 3.05) is 24.6 Å². The van der Waals surface area contributed by atoms with Crippen LogP contribution in [0.2, 0.25) is 0 Å². The molecular formula is C21H23NO4S3. The van der Waals surface area contributed by atoms with Crippen molar-refractivity contribution >= 4 is 39.5 Å². The van der Waals surface area contributed by atoms with E-state index in [1.54, 1.807) is 24.3 Å². The highest BCUT2D eigenvalue weighted by Gasteiger charge is 2.26. The van der Waals surface area contributed by atoms with Crippen molar-refractivity contribution in [3.63, 3.8) is 0 Å². The number of piperidine rings is 1. The number of sulfonamides is 1. The maximum absolute atomic E-state index is 12.9. The fourth-order valence-corrected chi connectivity index (χ4v) is 7.87. The minimum Gasteiger partial charge on any atom is -0.423 e. The summed E-state index contributed by atoms with van der Waals surface area (Å²) in [5, 5.41) is 0. The molecule has 8 heteroatoms. The van der Waals surface area contributed by atoms with Gasteiger partial charge >= 0.3 is 5.97 Å². The molecule has 0 N–H and O–H groups in total. The first kappa shape index (κ1) is 20.8. The quantitative estimate of drug-likeness (QED) is 0.493. The number of hydrogen-bond donors (Lipinski definition) is 0. The van der Waals surface area contributed by atoms with Crippen LogP contribution in [-0.2, 0) is 10.0 Å². The summed E-state index contributed by atoms with van der Waals surface area (Å²) in [5.41, 5.74) is 1.45. The molecule has 0 unspecified atom stereocenters. The Morgan fingerprint density at radius 1 is 0.966 bits per heavy atom. The van der Waals surface area contributed by atoms with Crippen LogP contribution in [0.1, 0.15) is 39.8 Å². The molecule has 0 atom stereocenters. The van der Waals surface area contributed by atoms with Gasteiger partial charge in [-0.1, -0.05) is 24.6 Å². The Balaban J connectivity index is 1.47. The lowest BCUT2D eigenvalue weighted by molar-refractivity contribution is 0.0734. The molecule has 154 valence electrons. The van der Waals surface area contributed by atoms with Gasteiger partial charge in [0.1, 0.15) is 5.75 Å². The van der Waals surface area contributed by atoms with Gasteiger partial charge in [-0.25, -0.2) is 13.2 Å². The third-order valence-electron chi connectivity index (χ3n) is 5.01. The third-order valence-corrected chi connectivity index (χ3v) is 10.0. The molecule has 0 bridgehead atoms. The molecule has 2 heterocycles. The molecule has 2 saturated heterocycles. The van der Waals surface area contributed by atoms with Gasteiger partial charge in [-0.15, -0.1) is 23.5 Å². The molecule has 0 aliphatic carbocycles. The van der Waals surface area contributed by atoms with E-state index in [2.05, 4.69) is 0 Å². The van der Waals surface area contributed by atoms with Crippen LogP contribution in [0.5, 0.6) is 5.75 Å². The van der Waals surface area contributed by atoms with Gasteiger partial charge < -0.3 is 4.74 Å². The van der Waals surface area contributed by atoms with Gasteiger partial charge in [-0.3, -0.25) is 0 Å². The van der Waals surface area contributed by atoms with Crippen LogP contribution in [-0.4, -0.2) is 43.3 Å². The van der Waals surface area contributed by atoms with E-state index in [-0.39, 0.29) is 10.5 Å². The monoisotopic (exact) mass is 449 g/mol. The van der Waals surface area contributed by atoms with Gasteiger partial charge in [0, 0.05) is 24.6 Å². The van der Waals surface area contributed by atoms with E-state index in [1.165, 1.54) is 22.0 Å². The SMILES string of the molecule is O=C(Oc1ccc(C2SCCS2)cc1)c1cccc(S(=O)(=O)N2CCCCC2)c1. The first-order chi connectivity index (χ1) is 14.0. The summed E-state index contributed by atoms with van der Waals surface area (Å²) in [6.45, 7) is 1.06. The predicted molar refractivity (Wildman–Crippen MR) is 118 cm³/mol. The molecule has 0 aromatic heterocycles. The molecule has 2 fully saturated rings. The van der Waals surface area contributed by atoms with Crippen LogP contribution in [0.25, 0.3) is 0 Å². The molecule has 2 aromatic rings. The molecule has 29 heavy (non-hydrogen) atoms. The van der Waals surface area contributed by atoms with Crippen molar-refractivity contribution in [3.05, 3.63) is 59.7 Å². The van der Waals surface area contributed by atoms with E-state index < -0.39 is 16.0 Å². The van der Waals surface area contributed by atoms with E-state index in [1.807, 2.05) is 35.7 Å². The molecule has 0 spiro atoms. The molecule has 2 aromatic carbocycles. The molecule has 4 rings (SSSR count). The van der Waals surface area contributed by atoms with E-state index in [4.69, 9.17) is 4.74 Å². The fraction of sp³-hybridized carbons (Fsp3) is 0.381. The van der Waals surface area contributed by atoms with Gasteiger partial charge in [-0.05, 0) is 48.7 Å².